The Balaban J connectivity index is 1.38. The van der Waals surface area contributed by atoms with Crippen molar-refractivity contribution >= 4 is 71.8 Å². The molecule has 2 N–H and O–H groups in total. The first-order valence-electron chi connectivity index (χ1n) is 14.7. The molecule has 2 aliphatic heterocycles. The number of hydrogen-bond acceptors (Lipinski definition) is 16. The summed E-state index contributed by atoms with van der Waals surface area (Å²) in [6.07, 6.45) is -2.71. The lowest BCUT2D eigenvalue weighted by Crippen LogP contribution is -2.32. The molecule has 6 rings (SSSR count). The van der Waals surface area contributed by atoms with E-state index in [-0.39, 0.29) is 49.1 Å². The van der Waals surface area contributed by atoms with Crippen molar-refractivity contribution in [2.45, 2.75) is 58.0 Å². The quantitative estimate of drug-likeness (QED) is 0.146. The van der Waals surface area contributed by atoms with Gasteiger partial charge in [-0.2, -0.15) is 10.2 Å². The Morgan fingerprint density at radius 3 is 2.90 bits per heavy atom. The molecule has 1 fully saturated rings. The van der Waals surface area contributed by atoms with Crippen molar-refractivity contribution < 1.29 is 41.1 Å². The Bertz CT molecular complexity index is 2070. The van der Waals surface area contributed by atoms with Crippen LogP contribution < -0.4 is 10.9 Å². The van der Waals surface area contributed by atoms with Crippen molar-refractivity contribution in [1.29, 1.82) is 5.26 Å². The monoisotopic (exact) mass is 758 g/mol. The largest absolute Gasteiger partial charge is 0.387 e. The average molecular weight is 759 g/mol. The zero-order valence-electron chi connectivity index (χ0n) is 25.7. The number of imidazole rings is 2. The van der Waals surface area contributed by atoms with Gasteiger partial charge < -0.3 is 22.9 Å². The van der Waals surface area contributed by atoms with Crippen LogP contribution in [0.15, 0.2) is 23.6 Å². The van der Waals surface area contributed by atoms with Crippen LogP contribution >= 0.6 is 25.8 Å². The predicted molar refractivity (Wildman–Crippen MR) is 174 cm³/mol. The molecule has 24 heteroatoms. The molecule has 2 aliphatic rings. The molecular formula is C25H29FN10O9P2S2. The van der Waals surface area contributed by atoms with Gasteiger partial charge in [0.1, 0.15) is 36.5 Å². The summed E-state index contributed by atoms with van der Waals surface area (Å²) in [6, 6.07) is 1.94. The highest BCUT2D eigenvalue weighted by molar-refractivity contribution is 8.44. The van der Waals surface area contributed by atoms with Gasteiger partial charge in [0.2, 0.25) is 11.9 Å². The maximum atomic E-state index is 16.3. The highest BCUT2D eigenvalue weighted by Gasteiger charge is 2.51. The first-order chi connectivity index (χ1) is 23.4. The number of nitriles is 1. The van der Waals surface area contributed by atoms with Crippen LogP contribution in [0.2, 0.25) is 0 Å². The second kappa shape index (κ2) is 14.6. The van der Waals surface area contributed by atoms with Gasteiger partial charge in [-0.05, 0) is 11.8 Å². The molecule has 6 atom stereocenters. The van der Waals surface area contributed by atoms with Crippen LogP contribution in [0.4, 0.5) is 10.3 Å². The first-order valence-corrected chi connectivity index (χ1v) is 19.9. The van der Waals surface area contributed by atoms with E-state index < -0.39 is 68.7 Å². The zero-order valence-corrected chi connectivity index (χ0v) is 29.2. The molecule has 2 unspecified atom stereocenters. The highest BCUT2D eigenvalue weighted by Crippen LogP contribution is 2.58. The minimum Gasteiger partial charge on any atom is -0.346 e. The third-order valence-electron chi connectivity index (χ3n) is 7.26. The maximum absolute atomic E-state index is 16.3. The lowest BCUT2D eigenvalue weighted by Gasteiger charge is -2.24. The van der Waals surface area contributed by atoms with E-state index in [4.69, 9.17) is 44.4 Å². The fraction of sp³-hybridized carbons (Fsp3) is 0.520. The highest BCUT2D eigenvalue weighted by atomic mass is 32.7. The number of amides is 1. The fourth-order valence-electron chi connectivity index (χ4n) is 4.91. The van der Waals surface area contributed by atoms with Crippen LogP contribution in [-0.4, -0.2) is 83.1 Å². The number of aromatic nitrogens is 8. The normalized spacial score (nSPS) is 28.2. The van der Waals surface area contributed by atoms with E-state index in [2.05, 4.69) is 47.5 Å². The van der Waals surface area contributed by atoms with Gasteiger partial charge in [-0.25, -0.2) is 28.9 Å². The number of thiol groups is 1. The molecule has 6 heterocycles. The van der Waals surface area contributed by atoms with Gasteiger partial charge in [0.15, 0.2) is 29.2 Å². The van der Waals surface area contributed by atoms with Crippen LogP contribution in [0.3, 0.4) is 0 Å². The van der Waals surface area contributed by atoms with E-state index in [9.17, 15) is 14.2 Å². The van der Waals surface area contributed by atoms with Crippen molar-refractivity contribution in [1.82, 2.24) is 39.0 Å². The van der Waals surface area contributed by atoms with Gasteiger partial charge in [0, 0.05) is 12.5 Å². The SMILES string of the molecule is CC(C)C(=O)Nc1nc2c(ncn2[C@@H]2O[C@@H]3COP(=S)(OCCC#N)OCCn4c(nc5cncnc54)COP(=O)(S)O[C@@H]2[C@H]3F)c(=O)[nH]1. The minimum atomic E-state index is -4.38. The number of ether oxygens (including phenoxy) is 1. The molecule has 0 aromatic carbocycles. The number of rotatable bonds is 6. The second-order valence-corrected chi connectivity index (χ2v) is 16.8. The van der Waals surface area contributed by atoms with Gasteiger partial charge in [0.25, 0.3) is 5.56 Å². The number of carbonyl (C=O) groups excluding carboxylic acids is 1. The van der Waals surface area contributed by atoms with Gasteiger partial charge in [-0.3, -0.25) is 33.5 Å². The van der Waals surface area contributed by atoms with E-state index in [1.807, 2.05) is 6.07 Å². The van der Waals surface area contributed by atoms with E-state index in [0.29, 0.717) is 11.2 Å². The van der Waals surface area contributed by atoms with Gasteiger partial charge >= 0.3 is 13.5 Å². The van der Waals surface area contributed by atoms with Crippen molar-refractivity contribution in [2.75, 3.05) is 25.1 Å². The Hall–Kier alpha value is -3.22. The van der Waals surface area contributed by atoms with Gasteiger partial charge in [-0.1, -0.05) is 26.1 Å². The lowest BCUT2D eigenvalue weighted by atomic mass is 10.1. The third kappa shape index (κ3) is 7.76. The number of halogens is 1. The minimum absolute atomic E-state index is 0.0179. The Labute approximate surface area is 286 Å². The number of carbonyl (C=O) groups is 1. The second-order valence-electron chi connectivity index (χ2n) is 10.9. The number of aromatic amines is 1. The Kier molecular flexibility index (Phi) is 10.6. The van der Waals surface area contributed by atoms with Crippen LogP contribution in [0, 0.1) is 17.2 Å². The van der Waals surface area contributed by atoms with Crippen molar-refractivity contribution in [2.24, 2.45) is 5.92 Å². The smallest absolute Gasteiger partial charge is 0.346 e. The third-order valence-corrected chi connectivity index (χ3v) is 11.3. The number of hydrogen-bond donors (Lipinski definition) is 3. The molecule has 0 saturated carbocycles. The number of anilines is 1. The molecule has 2 bridgehead atoms. The fourth-order valence-corrected chi connectivity index (χ4v) is 8.09. The zero-order chi connectivity index (χ0) is 34.9. The molecule has 262 valence electrons. The number of alkyl halides is 1. The lowest BCUT2D eigenvalue weighted by molar-refractivity contribution is -0.118. The van der Waals surface area contributed by atoms with Crippen LogP contribution in [0.25, 0.3) is 22.3 Å². The van der Waals surface area contributed by atoms with Crippen LogP contribution in [0.5, 0.6) is 0 Å². The summed E-state index contributed by atoms with van der Waals surface area (Å²) >= 11 is 9.72. The Morgan fingerprint density at radius 1 is 1.31 bits per heavy atom. The number of H-pyrrole nitrogens is 1. The molecule has 19 nitrogen and oxygen atoms in total. The van der Waals surface area contributed by atoms with Crippen molar-refractivity contribution in [3.63, 3.8) is 0 Å². The molecule has 4 aromatic rings. The van der Waals surface area contributed by atoms with Crippen LogP contribution in [0.1, 0.15) is 32.3 Å². The van der Waals surface area contributed by atoms with Gasteiger partial charge in [-0.15, -0.1) is 0 Å². The standard InChI is InChI=1S/C25H29FN10O9P2S2/c1-13(2)22(37)33-25-32-21-18(23(38)34-25)30-12-36(21)24-19-17(26)15(44-24)9-43-47(49,40-6-3-4-27)41-7-5-35-16(10-42-46(39,48)45-19)31-14-8-28-11-29-20(14)35/h8,11-13,15,17,19,24H,3,5-7,9-10H2,1-2H3,(H,39,48)(H2,32,33,34,37,38)/t15-,17+,19-,24-,46?,47?/m1/s1. The summed E-state index contributed by atoms with van der Waals surface area (Å²) in [5.41, 5.74) is -0.169. The summed E-state index contributed by atoms with van der Waals surface area (Å²) in [7, 11) is 0. The van der Waals surface area contributed by atoms with Crippen molar-refractivity contribution in [3.05, 3.63) is 35.0 Å². The topological polar surface area (TPSA) is 233 Å². The predicted octanol–water partition coefficient (Wildman–Crippen LogP) is 2.93. The maximum Gasteiger partial charge on any atom is 0.387 e. The van der Waals surface area contributed by atoms with Crippen LogP contribution in [-0.2, 0) is 61.7 Å². The summed E-state index contributed by atoms with van der Waals surface area (Å²) in [5.74, 6) is -0.816. The molecule has 4 aromatic heterocycles. The molecule has 0 spiro atoms. The Morgan fingerprint density at radius 2 is 2.12 bits per heavy atom. The summed E-state index contributed by atoms with van der Waals surface area (Å²) in [6.45, 7) is -5.73. The van der Waals surface area contributed by atoms with E-state index in [0.717, 1.165) is 6.33 Å². The summed E-state index contributed by atoms with van der Waals surface area (Å²) in [5, 5.41) is 11.5. The van der Waals surface area contributed by atoms with E-state index in [1.165, 1.54) is 17.1 Å². The molecular weight excluding hydrogens is 729 g/mol. The van der Waals surface area contributed by atoms with E-state index >= 15 is 4.39 Å². The molecule has 0 aliphatic carbocycles. The van der Waals surface area contributed by atoms with E-state index in [1.54, 1.807) is 18.4 Å². The molecule has 1 amide bonds. The molecule has 1 saturated heterocycles. The number of nitrogens with zero attached hydrogens (tertiary/aromatic N) is 8. The molecule has 0 radical (unpaired) electrons. The number of fused-ring (bicyclic) bond motifs is 6. The number of nitrogens with one attached hydrogen (secondary N) is 2. The van der Waals surface area contributed by atoms with Crippen molar-refractivity contribution in [3.8, 4) is 6.07 Å². The first kappa shape index (κ1) is 35.6. The average Bonchev–Trinajstić information content (AvgIpc) is 3.72. The van der Waals surface area contributed by atoms with Gasteiger partial charge in [0.05, 0.1) is 44.8 Å². The summed E-state index contributed by atoms with van der Waals surface area (Å²) in [4.78, 5) is 48.7. The summed E-state index contributed by atoms with van der Waals surface area (Å²) < 4.78 is 67.5. The molecule has 49 heavy (non-hydrogen) atoms.